The van der Waals surface area contributed by atoms with Crippen LogP contribution in [-0.2, 0) is 4.79 Å². The fraction of sp³-hybridized carbons (Fsp3) is 0.632. The van der Waals surface area contributed by atoms with Gasteiger partial charge in [-0.05, 0) is 56.5 Å². The summed E-state index contributed by atoms with van der Waals surface area (Å²) in [6.07, 6.45) is 4.97. The lowest BCUT2D eigenvalue weighted by Gasteiger charge is -2.32. The van der Waals surface area contributed by atoms with Crippen LogP contribution in [0, 0.1) is 0 Å². The monoisotopic (exact) mass is 437 g/mol. The van der Waals surface area contributed by atoms with Crippen molar-refractivity contribution in [1.82, 2.24) is 15.5 Å². The van der Waals surface area contributed by atoms with Crippen molar-refractivity contribution in [3.05, 3.63) is 29.3 Å². The molecule has 2 heterocycles. The van der Waals surface area contributed by atoms with E-state index in [9.17, 15) is 4.79 Å². The van der Waals surface area contributed by atoms with Crippen molar-refractivity contribution in [2.75, 3.05) is 32.8 Å². The first-order valence-corrected chi connectivity index (χ1v) is 9.70. The van der Waals surface area contributed by atoms with Crippen LogP contribution in [0.4, 0.5) is 0 Å². The quantitative estimate of drug-likeness (QED) is 0.686. The summed E-state index contributed by atoms with van der Waals surface area (Å²) in [5, 5.41) is 7.31. The van der Waals surface area contributed by atoms with Crippen molar-refractivity contribution in [2.45, 2.75) is 44.2 Å². The Morgan fingerprint density at radius 2 is 1.89 bits per heavy atom. The zero-order chi connectivity index (χ0) is 17.5. The second-order valence-electron chi connectivity index (χ2n) is 6.98. The van der Waals surface area contributed by atoms with Crippen LogP contribution in [-0.4, -0.2) is 55.7 Å². The molecule has 2 fully saturated rings. The number of rotatable bonds is 7. The van der Waals surface area contributed by atoms with Gasteiger partial charge in [-0.3, -0.25) is 9.69 Å². The molecule has 154 valence electrons. The molecule has 1 unspecified atom stereocenters. The number of ether oxygens (including phenoxy) is 1. The molecule has 0 bridgehead atoms. The van der Waals surface area contributed by atoms with Crippen LogP contribution in [0.3, 0.4) is 0 Å². The summed E-state index contributed by atoms with van der Waals surface area (Å²) in [6, 6.07) is 8.16. The van der Waals surface area contributed by atoms with E-state index in [1.807, 2.05) is 24.3 Å². The Hall–Kier alpha value is -0.720. The van der Waals surface area contributed by atoms with Crippen LogP contribution in [0.2, 0.25) is 5.02 Å². The first-order valence-electron chi connectivity index (χ1n) is 9.32. The van der Waals surface area contributed by atoms with E-state index in [0.717, 1.165) is 56.2 Å². The molecule has 0 radical (unpaired) electrons. The number of nitrogens with one attached hydrogen (secondary N) is 2. The lowest BCUT2D eigenvalue weighted by atomic mass is 10.0. The Kier molecular flexibility index (Phi) is 11.4. The Balaban J connectivity index is 0.00000182. The predicted octanol–water partition coefficient (Wildman–Crippen LogP) is 3.29. The van der Waals surface area contributed by atoms with Crippen molar-refractivity contribution < 1.29 is 9.53 Å². The average Bonchev–Trinajstić information content (AvgIpc) is 3.11. The highest BCUT2D eigenvalue weighted by Gasteiger charge is 2.23. The van der Waals surface area contributed by atoms with Gasteiger partial charge in [0.2, 0.25) is 5.91 Å². The molecule has 8 heteroatoms. The van der Waals surface area contributed by atoms with E-state index in [4.69, 9.17) is 16.3 Å². The molecule has 1 atom stereocenters. The van der Waals surface area contributed by atoms with Crippen molar-refractivity contribution in [2.24, 2.45) is 0 Å². The lowest BCUT2D eigenvalue weighted by Crippen LogP contribution is -2.46. The zero-order valence-electron chi connectivity index (χ0n) is 15.5. The number of benzene rings is 1. The number of carbonyl (C=O) groups excluding carboxylic acids is 1. The standard InChI is InChI=1S/C19H28ClN3O2.2ClH/c20-15-3-5-18(6-4-15)25-13-12-23-10-7-16(8-11-23)22-19(24)14-17-2-1-9-21-17;;/h3-6,16-17,21H,1-2,7-14H2,(H,22,24);2*1H. The number of nitrogens with zero attached hydrogens (tertiary/aromatic N) is 1. The highest BCUT2D eigenvalue weighted by atomic mass is 35.5. The van der Waals surface area contributed by atoms with Crippen LogP contribution in [0.25, 0.3) is 0 Å². The van der Waals surface area contributed by atoms with Gasteiger partial charge in [-0.2, -0.15) is 0 Å². The maximum Gasteiger partial charge on any atom is 0.221 e. The fourth-order valence-corrected chi connectivity index (χ4v) is 3.69. The number of hydrogen-bond donors (Lipinski definition) is 2. The van der Waals surface area contributed by atoms with Crippen LogP contribution in [0.5, 0.6) is 5.75 Å². The number of amides is 1. The van der Waals surface area contributed by atoms with Crippen molar-refractivity contribution in [3.63, 3.8) is 0 Å². The minimum absolute atomic E-state index is 0. The van der Waals surface area contributed by atoms with Crippen LogP contribution >= 0.6 is 36.4 Å². The van der Waals surface area contributed by atoms with Gasteiger partial charge in [0.1, 0.15) is 12.4 Å². The number of likely N-dealkylation sites (tertiary alicyclic amines) is 1. The third-order valence-electron chi connectivity index (χ3n) is 5.04. The number of piperidine rings is 1. The molecule has 2 N–H and O–H groups in total. The Morgan fingerprint density at radius 3 is 2.52 bits per heavy atom. The molecular formula is C19H30Cl3N3O2. The fourth-order valence-electron chi connectivity index (χ4n) is 3.57. The summed E-state index contributed by atoms with van der Waals surface area (Å²) >= 11 is 5.87. The van der Waals surface area contributed by atoms with Gasteiger partial charge in [-0.25, -0.2) is 0 Å². The van der Waals surface area contributed by atoms with Gasteiger partial charge in [0.25, 0.3) is 0 Å². The highest BCUT2D eigenvalue weighted by molar-refractivity contribution is 6.30. The van der Waals surface area contributed by atoms with Crippen LogP contribution < -0.4 is 15.4 Å². The molecule has 2 aliphatic rings. The van der Waals surface area contributed by atoms with E-state index >= 15 is 0 Å². The second kappa shape index (κ2) is 12.7. The van der Waals surface area contributed by atoms with E-state index in [1.54, 1.807) is 0 Å². The second-order valence-corrected chi connectivity index (χ2v) is 7.42. The maximum absolute atomic E-state index is 12.1. The van der Waals surface area contributed by atoms with Gasteiger partial charge in [-0.15, -0.1) is 24.8 Å². The van der Waals surface area contributed by atoms with E-state index in [2.05, 4.69) is 15.5 Å². The first-order chi connectivity index (χ1) is 12.2. The van der Waals surface area contributed by atoms with Crippen LogP contribution in [0.1, 0.15) is 32.1 Å². The molecule has 1 aromatic carbocycles. The Morgan fingerprint density at radius 1 is 1.19 bits per heavy atom. The van der Waals surface area contributed by atoms with Gasteiger partial charge < -0.3 is 15.4 Å². The predicted molar refractivity (Wildman–Crippen MR) is 115 cm³/mol. The van der Waals surface area contributed by atoms with E-state index in [0.29, 0.717) is 25.1 Å². The lowest BCUT2D eigenvalue weighted by molar-refractivity contribution is -0.122. The minimum atomic E-state index is 0. The van der Waals surface area contributed by atoms with Gasteiger partial charge in [-0.1, -0.05) is 11.6 Å². The van der Waals surface area contributed by atoms with E-state index < -0.39 is 0 Å². The van der Waals surface area contributed by atoms with Crippen LogP contribution in [0.15, 0.2) is 24.3 Å². The average molecular weight is 439 g/mol. The topological polar surface area (TPSA) is 53.6 Å². The minimum Gasteiger partial charge on any atom is -0.492 e. The molecule has 3 rings (SSSR count). The molecule has 0 spiro atoms. The van der Waals surface area contributed by atoms with Crippen molar-refractivity contribution >= 4 is 42.3 Å². The van der Waals surface area contributed by atoms with Crippen molar-refractivity contribution in [3.8, 4) is 5.75 Å². The van der Waals surface area contributed by atoms with E-state index in [-0.39, 0.29) is 30.7 Å². The van der Waals surface area contributed by atoms with Gasteiger partial charge >= 0.3 is 0 Å². The van der Waals surface area contributed by atoms with Crippen molar-refractivity contribution in [1.29, 1.82) is 0 Å². The molecular weight excluding hydrogens is 409 g/mol. The number of halogens is 3. The molecule has 27 heavy (non-hydrogen) atoms. The normalized spacial score (nSPS) is 20.4. The summed E-state index contributed by atoms with van der Waals surface area (Å²) in [5.74, 6) is 1.05. The first kappa shape index (κ1) is 24.3. The molecule has 2 saturated heterocycles. The molecule has 1 aromatic rings. The summed E-state index contributed by atoms with van der Waals surface area (Å²) < 4.78 is 5.75. The molecule has 0 saturated carbocycles. The van der Waals surface area contributed by atoms with Gasteiger partial charge in [0, 0.05) is 43.2 Å². The summed E-state index contributed by atoms with van der Waals surface area (Å²) in [4.78, 5) is 14.5. The largest absolute Gasteiger partial charge is 0.492 e. The molecule has 2 aliphatic heterocycles. The zero-order valence-corrected chi connectivity index (χ0v) is 17.9. The maximum atomic E-state index is 12.1. The van der Waals surface area contributed by atoms with E-state index in [1.165, 1.54) is 6.42 Å². The summed E-state index contributed by atoms with van der Waals surface area (Å²) in [5.41, 5.74) is 0. The molecule has 0 aromatic heterocycles. The number of hydrogen-bond acceptors (Lipinski definition) is 4. The number of carbonyl (C=O) groups is 1. The summed E-state index contributed by atoms with van der Waals surface area (Å²) in [7, 11) is 0. The smallest absolute Gasteiger partial charge is 0.221 e. The third kappa shape index (κ3) is 8.44. The Bertz CT molecular complexity index is 546. The van der Waals surface area contributed by atoms with Gasteiger partial charge in [0.15, 0.2) is 0 Å². The van der Waals surface area contributed by atoms with Gasteiger partial charge in [0.05, 0.1) is 0 Å². The highest BCUT2D eigenvalue weighted by Crippen LogP contribution is 2.16. The summed E-state index contributed by atoms with van der Waals surface area (Å²) in [6.45, 7) is 4.66. The third-order valence-corrected chi connectivity index (χ3v) is 5.29. The molecule has 1 amide bonds. The molecule has 5 nitrogen and oxygen atoms in total. The molecule has 0 aliphatic carbocycles. The Labute approximate surface area is 179 Å². The SMILES string of the molecule is Cl.Cl.O=C(CC1CCCN1)NC1CCN(CCOc2ccc(Cl)cc2)CC1.